The largest absolute Gasteiger partial charge is 0.409 e. The summed E-state index contributed by atoms with van der Waals surface area (Å²) in [6.45, 7) is 4.79. The van der Waals surface area contributed by atoms with Crippen LogP contribution >= 0.6 is 11.6 Å². The Morgan fingerprint density at radius 2 is 2.22 bits per heavy atom. The van der Waals surface area contributed by atoms with Crippen LogP contribution in [-0.4, -0.2) is 28.5 Å². The second-order valence-electron chi connectivity index (χ2n) is 4.34. The van der Waals surface area contributed by atoms with Crippen LogP contribution in [0.15, 0.2) is 23.4 Å². The number of oxime groups is 1. The summed E-state index contributed by atoms with van der Waals surface area (Å²) in [6, 6.07) is 4.86. The van der Waals surface area contributed by atoms with E-state index in [9.17, 15) is 4.39 Å². The highest BCUT2D eigenvalue weighted by atomic mass is 35.5. The van der Waals surface area contributed by atoms with E-state index in [1.807, 2.05) is 18.7 Å². The Labute approximate surface area is 111 Å². The van der Waals surface area contributed by atoms with E-state index in [1.54, 1.807) is 6.07 Å². The predicted octanol–water partition coefficient (Wildman–Crippen LogP) is 2.44. The molecule has 4 nitrogen and oxygen atoms in total. The molecule has 0 amide bonds. The van der Waals surface area contributed by atoms with E-state index < -0.39 is 5.82 Å². The fourth-order valence-corrected chi connectivity index (χ4v) is 1.65. The number of nitrogens with two attached hydrogens (primary N) is 1. The molecule has 0 saturated heterocycles. The van der Waals surface area contributed by atoms with Crippen molar-refractivity contribution < 1.29 is 9.60 Å². The summed E-state index contributed by atoms with van der Waals surface area (Å²) in [5.74, 6) is -0.320. The van der Waals surface area contributed by atoms with Gasteiger partial charge >= 0.3 is 0 Å². The maximum Gasteiger partial charge on any atom is 0.153 e. The van der Waals surface area contributed by atoms with E-state index in [4.69, 9.17) is 22.5 Å². The van der Waals surface area contributed by atoms with Crippen LogP contribution in [0.5, 0.6) is 0 Å². The highest BCUT2D eigenvalue weighted by Crippen LogP contribution is 2.17. The number of rotatable bonds is 5. The molecule has 0 bridgehead atoms. The van der Waals surface area contributed by atoms with E-state index in [2.05, 4.69) is 5.16 Å². The maximum atomic E-state index is 13.3. The van der Waals surface area contributed by atoms with E-state index in [0.717, 1.165) is 5.56 Å². The Kier molecular flexibility index (Phi) is 5.37. The Morgan fingerprint density at radius 3 is 2.72 bits per heavy atom. The van der Waals surface area contributed by atoms with Gasteiger partial charge in [-0.05, 0) is 31.5 Å². The van der Waals surface area contributed by atoms with Crippen molar-refractivity contribution in [2.45, 2.75) is 26.4 Å². The van der Waals surface area contributed by atoms with Gasteiger partial charge in [0, 0.05) is 12.6 Å². The fraction of sp³-hybridized carbons (Fsp3) is 0.417. The average Bonchev–Trinajstić information content (AvgIpc) is 2.32. The Hall–Kier alpha value is -1.33. The zero-order valence-electron chi connectivity index (χ0n) is 10.4. The number of hydrogen-bond donors (Lipinski definition) is 2. The smallest absolute Gasteiger partial charge is 0.153 e. The average molecular weight is 274 g/mol. The van der Waals surface area contributed by atoms with Gasteiger partial charge in [0.05, 0.1) is 11.6 Å². The molecule has 0 heterocycles. The Balaban J connectivity index is 2.80. The summed E-state index contributed by atoms with van der Waals surface area (Å²) in [5.41, 5.74) is 6.27. The molecule has 0 aliphatic carbocycles. The van der Waals surface area contributed by atoms with Crippen LogP contribution in [0.25, 0.3) is 0 Å². The summed E-state index contributed by atoms with van der Waals surface area (Å²) in [4.78, 5) is 1.96. The van der Waals surface area contributed by atoms with E-state index >= 15 is 0 Å². The van der Waals surface area contributed by atoms with E-state index in [1.165, 1.54) is 12.1 Å². The summed E-state index contributed by atoms with van der Waals surface area (Å²) < 4.78 is 13.3. The van der Waals surface area contributed by atoms with Gasteiger partial charge in [0.2, 0.25) is 0 Å². The normalized spacial score (nSPS) is 12.4. The minimum atomic E-state index is -0.443. The summed E-state index contributed by atoms with van der Waals surface area (Å²) in [5, 5.41) is 11.6. The van der Waals surface area contributed by atoms with Gasteiger partial charge in [0.1, 0.15) is 5.82 Å². The molecule has 0 atom stereocenters. The van der Waals surface area contributed by atoms with Gasteiger partial charge in [-0.3, -0.25) is 4.90 Å². The molecule has 0 aliphatic rings. The molecule has 1 aromatic rings. The Bertz CT molecular complexity index is 437. The summed E-state index contributed by atoms with van der Waals surface area (Å²) in [6.07, 6.45) is 0. The molecule has 0 saturated carbocycles. The first-order valence-electron chi connectivity index (χ1n) is 5.58. The van der Waals surface area contributed by atoms with E-state index in [-0.39, 0.29) is 16.9 Å². The summed E-state index contributed by atoms with van der Waals surface area (Å²) in [7, 11) is 0. The second kappa shape index (κ2) is 6.56. The van der Waals surface area contributed by atoms with E-state index in [0.29, 0.717) is 13.1 Å². The van der Waals surface area contributed by atoms with Crippen molar-refractivity contribution >= 4 is 17.4 Å². The number of benzene rings is 1. The maximum absolute atomic E-state index is 13.3. The topological polar surface area (TPSA) is 61.8 Å². The van der Waals surface area contributed by atoms with Crippen molar-refractivity contribution in [1.29, 1.82) is 0 Å². The minimum Gasteiger partial charge on any atom is -0.409 e. The zero-order chi connectivity index (χ0) is 13.7. The molecular formula is C12H17ClFN3O. The predicted molar refractivity (Wildman–Crippen MR) is 70.4 cm³/mol. The van der Waals surface area contributed by atoms with Crippen LogP contribution in [0.4, 0.5) is 4.39 Å². The van der Waals surface area contributed by atoms with Crippen LogP contribution in [0.2, 0.25) is 5.02 Å². The molecule has 0 spiro atoms. The standard InChI is InChI=1S/C12H17ClFN3O/c1-8(2)17(7-12(15)16-18)6-9-3-4-10(13)11(14)5-9/h3-5,8,18H,6-7H2,1-2H3,(H2,15,16). The van der Waals surface area contributed by atoms with Crippen molar-refractivity contribution in [3.63, 3.8) is 0 Å². The van der Waals surface area contributed by atoms with Crippen LogP contribution in [-0.2, 0) is 6.54 Å². The lowest BCUT2D eigenvalue weighted by Crippen LogP contribution is -2.38. The second-order valence-corrected chi connectivity index (χ2v) is 4.75. The molecule has 100 valence electrons. The number of halogens is 2. The summed E-state index contributed by atoms with van der Waals surface area (Å²) >= 11 is 5.63. The van der Waals surface area contributed by atoms with Gasteiger partial charge in [0.15, 0.2) is 5.84 Å². The van der Waals surface area contributed by atoms with Crippen molar-refractivity contribution in [2.24, 2.45) is 10.9 Å². The third kappa shape index (κ3) is 4.16. The van der Waals surface area contributed by atoms with Gasteiger partial charge in [-0.15, -0.1) is 0 Å². The first-order chi connectivity index (χ1) is 8.43. The zero-order valence-corrected chi connectivity index (χ0v) is 11.2. The van der Waals surface area contributed by atoms with Gasteiger partial charge in [0.25, 0.3) is 0 Å². The lowest BCUT2D eigenvalue weighted by molar-refractivity contribution is 0.238. The molecule has 3 N–H and O–H groups in total. The van der Waals surface area contributed by atoms with Gasteiger partial charge in [-0.1, -0.05) is 22.8 Å². The third-order valence-electron chi connectivity index (χ3n) is 2.59. The first kappa shape index (κ1) is 14.7. The van der Waals surface area contributed by atoms with Crippen LogP contribution in [0.3, 0.4) is 0 Å². The third-order valence-corrected chi connectivity index (χ3v) is 2.90. The van der Waals surface area contributed by atoms with Gasteiger partial charge < -0.3 is 10.9 Å². The first-order valence-corrected chi connectivity index (χ1v) is 5.96. The SMILES string of the molecule is CC(C)N(C/C(N)=N/O)Cc1ccc(Cl)c(F)c1. The number of hydrogen-bond acceptors (Lipinski definition) is 3. The van der Waals surface area contributed by atoms with Crippen LogP contribution < -0.4 is 5.73 Å². The molecule has 0 fully saturated rings. The Morgan fingerprint density at radius 1 is 1.56 bits per heavy atom. The van der Waals surface area contributed by atoms with Crippen molar-refractivity contribution in [1.82, 2.24) is 4.90 Å². The number of amidine groups is 1. The molecule has 1 rings (SSSR count). The molecule has 0 aromatic heterocycles. The minimum absolute atomic E-state index is 0.103. The van der Waals surface area contributed by atoms with Crippen molar-refractivity contribution in [2.75, 3.05) is 6.54 Å². The monoisotopic (exact) mass is 273 g/mol. The quantitative estimate of drug-likeness (QED) is 0.375. The molecule has 0 radical (unpaired) electrons. The van der Waals surface area contributed by atoms with Gasteiger partial charge in [-0.25, -0.2) is 4.39 Å². The lowest BCUT2D eigenvalue weighted by Gasteiger charge is -2.25. The van der Waals surface area contributed by atoms with Crippen LogP contribution in [0.1, 0.15) is 19.4 Å². The van der Waals surface area contributed by atoms with Crippen molar-refractivity contribution in [3.8, 4) is 0 Å². The van der Waals surface area contributed by atoms with Crippen LogP contribution in [0, 0.1) is 5.82 Å². The van der Waals surface area contributed by atoms with Gasteiger partial charge in [-0.2, -0.15) is 0 Å². The lowest BCUT2D eigenvalue weighted by atomic mass is 10.2. The molecule has 1 aromatic carbocycles. The molecular weight excluding hydrogens is 257 g/mol. The molecule has 0 aliphatic heterocycles. The molecule has 18 heavy (non-hydrogen) atoms. The fourth-order valence-electron chi connectivity index (χ4n) is 1.53. The highest BCUT2D eigenvalue weighted by Gasteiger charge is 2.13. The molecule has 0 unspecified atom stereocenters. The highest BCUT2D eigenvalue weighted by molar-refractivity contribution is 6.30. The number of nitrogens with zero attached hydrogens (tertiary/aromatic N) is 2. The van der Waals surface area contributed by atoms with Crippen molar-refractivity contribution in [3.05, 3.63) is 34.6 Å². The molecule has 6 heteroatoms.